The van der Waals surface area contributed by atoms with Crippen molar-refractivity contribution in [1.82, 2.24) is 45.9 Å². The topological polar surface area (TPSA) is 554 Å². The highest BCUT2D eigenvalue weighted by atomic mass is 35.5. The number of carboxylic acids is 2. The zero-order valence-electron chi connectivity index (χ0n) is 59.5. The molecule has 3 heterocycles. The van der Waals surface area contributed by atoms with Gasteiger partial charge in [0.15, 0.2) is 85.3 Å². The van der Waals surface area contributed by atoms with Crippen LogP contribution in [-0.2, 0) is 52.9 Å². The molecule has 30 nitrogen and oxygen atoms in total. The summed E-state index contributed by atoms with van der Waals surface area (Å²) in [6.07, 6.45) is 8.80. The summed E-state index contributed by atoms with van der Waals surface area (Å²) in [4.78, 5) is 106. The largest absolute Gasteiger partial charge is 0.481 e. The van der Waals surface area contributed by atoms with E-state index < -0.39 is 41.6 Å². The second-order valence-electron chi connectivity index (χ2n) is 24.5. The van der Waals surface area contributed by atoms with E-state index in [1.165, 1.54) is 27.5 Å². The van der Waals surface area contributed by atoms with Crippen LogP contribution in [0.1, 0.15) is 124 Å². The van der Waals surface area contributed by atoms with Crippen LogP contribution < -0.4 is 73.3 Å². The van der Waals surface area contributed by atoms with Gasteiger partial charge in [-0.2, -0.15) is 40.5 Å². The maximum absolute atomic E-state index is 12.3. The Morgan fingerprint density at radius 2 is 0.648 bits per heavy atom. The number of carbonyl (C=O) groups is 6. The van der Waals surface area contributed by atoms with Gasteiger partial charge in [-0.3, -0.25) is 59.7 Å². The Kier molecular flexibility index (Phi) is 36.0. The van der Waals surface area contributed by atoms with E-state index in [1.807, 2.05) is 79.7 Å². The molecule has 0 unspecified atom stereocenters. The number of nitrogens with zero attached hydrogens (tertiary/aromatic N) is 9. The van der Waals surface area contributed by atoms with Gasteiger partial charge in [0.25, 0.3) is 17.7 Å². The molecule has 0 saturated heterocycles. The number of unbranched alkanes of at least 4 members (excludes halogenated alkanes) is 3. The lowest BCUT2D eigenvalue weighted by molar-refractivity contribution is -0.141. The smallest absolute Gasteiger partial charge is 0.320 e. The minimum absolute atomic E-state index is 0. The van der Waals surface area contributed by atoms with Gasteiger partial charge in [0.1, 0.15) is 11.8 Å². The first-order chi connectivity index (χ1) is 50.0. The number of aliphatic imine (C=N–C) groups is 3. The molecular weight excluding hydrogens is 1500 g/mol. The molecule has 3 atom stereocenters. The van der Waals surface area contributed by atoms with Crippen LogP contribution in [0.5, 0.6) is 0 Å². The van der Waals surface area contributed by atoms with E-state index >= 15 is 0 Å². The van der Waals surface area contributed by atoms with Gasteiger partial charge in [-0.25, -0.2) is 29.9 Å². The number of rotatable bonds is 27. The molecule has 3 aromatic heterocycles. The van der Waals surface area contributed by atoms with Crippen molar-refractivity contribution in [2.45, 2.75) is 104 Å². The first kappa shape index (κ1) is 89.8. The van der Waals surface area contributed by atoms with Crippen LogP contribution in [0.2, 0.25) is 15.5 Å². The fraction of sp³-hybridized carbons (Fsp3) is 0.292. The summed E-state index contributed by atoms with van der Waals surface area (Å²) < 4.78 is 0. The van der Waals surface area contributed by atoms with E-state index in [2.05, 4.69) is 97.2 Å². The maximum atomic E-state index is 12.3. The Labute approximate surface area is 659 Å². The van der Waals surface area contributed by atoms with Crippen LogP contribution in [0.3, 0.4) is 0 Å². The normalized spacial score (nSPS) is 12.1. The highest BCUT2D eigenvalue weighted by molar-refractivity contribution is 7.59. The second kappa shape index (κ2) is 43.3. The Hall–Kier alpha value is -10.6. The lowest BCUT2D eigenvalue weighted by atomic mass is 9.91. The number of nitrogens with two attached hydrogens (primary N) is 10. The summed E-state index contributed by atoms with van der Waals surface area (Å²) in [5, 5.41) is 31.9. The van der Waals surface area contributed by atoms with Crippen LogP contribution in [0.4, 0.5) is 34.9 Å². The molecule has 0 spiro atoms. The van der Waals surface area contributed by atoms with Gasteiger partial charge in [-0.15, -0.1) is 0 Å². The molecule has 0 aliphatic heterocycles. The molecule has 6 aromatic carbocycles. The van der Waals surface area contributed by atoms with Crippen molar-refractivity contribution in [2.24, 2.45) is 49.7 Å². The number of carboxylic acid groups (broad SMARTS) is 2. The molecule has 3 amide bonds. The summed E-state index contributed by atoms with van der Waals surface area (Å²) in [6, 6.07) is 35.5. The molecule has 0 aliphatic carbocycles. The number of nitrogen functional groups attached to an aromatic ring is 6. The quantitative estimate of drug-likeness (QED) is 0.0132. The highest BCUT2D eigenvalue weighted by Crippen LogP contribution is 2.30. The number of aryl methyl sites for hydroxylation is 3. The van der Waals surface area contributed by atoms with E-state index in [0.29, 0.717) is 26.1 Å². The maximum Gasteiger partial charge on any atom is 0.320 e. The van der Waals surface area contributed by atoms with Crippen LogP contribution in [0.15, 0.2) is 124 Å². The summed E-state index contributed by atoms with van der Waals surface area (Å²) in [7, 11) is 0. The second-order valence-corrected chi connectivity index (χ2v) is 25.6. The number of carbonyl (C=O) groups excluding carboxylic acids is 4. The summed E-state index contributed by atoms with van der Waals surface area (Å²) >= 11 is 17.4. The van der Waals surface area contributed by atoms with E-state index in [9.17, 15) is 33.9 Å². The van der Waals surface area contributed by atoms with Crippen molar-refractivity contribution < 1.29 is 39.0 Å². The fourth-order valence-electron chi connectivity index (χ4n) is 11.0. The molecule has 25 N–H and O–H groups in total. The molecule has 0 fully saturated rings. The molecule has 36 heteroatoms. The van der Waals surface area contributed by atoms with Gasteiger partial charge in [0.2, 0.25) is 0 Å². The van der Waals surface area contributed by atoms with Crippen LogP contribution in [0, 0.1) is 11.8 Å². The summed E-state index contributed by atoms with van der Waals surface area (Å²) in [5.74, 6) is -4.98. The number of benzene rings is 6. The zero-order chi connectivity index (χ0) is 76.6. The van der Waals surface area contributed by atoms with Crippen molar-refractivity contribution in [3.63, 3.8) is 0 Å². The van der Waals surface area contributed by atoms with Gasteiger partial charge in [-0.1, -0.05) is 158 Å². The molecule has 576 valence electrons. The molecule has 0 radical (unpaired) electrons. The van der Waals surface area contributed by atoms with E-state index in [1.54, 1.807) is 13.8 Å². The standard InChI is InChI=1S/C25H30ClN7O2.C24H28ClN7O3.C23H27ClN8O3.3H2S/c1-14(15(2)34)13-17-11-10-16(18-8-3-4-9-19(17)18)7-5-6-12-30-25(29)33-24(35)20-22(27)32-23(28)21(26)31-20;1-13(23(34)35)12-15-10-9-14(16-7-2-3-8-17(15)16)6-4-5-11-29-24(28)32-22(33)18-20(26)31-21(27)19(25)30-18;24-18-20(27)31-19(26)17(30-18)21(33)32-23(28)29-10-4-3-5-12-8-9-13(11-16(25)22(34)35)15-7-2-1-6-14(12)15;;;/h3-4,8-11,14H,5-7,12-13H2,1-2H3,(H4,27,28,32)(H3,29,30,33,35);2-3,7-10,13H,4-6,11-12H2,1H3,(H,34,35)(H4,26,27,31)(H3,28,29,32,33);1-2,6-9,16H,3-5,10-11,25H2,(H,34,35)(H4,26,27,31)(H3,28,29,32,33);3*1H2/t14-;13-;16-;;;/m000.../s1. The number of fused-ring (bicyclic) bond motifs is 3. The lowest BCUT2D eigenvalue weighted by Gasteiger charge is -2.14. The van der Waals surface area contributed by atoms with Crippen molar-refractivity contribution in [1.29, 1.82) is 0 Å². The number of halogens is 3. The van der Waals surface area contributed by atoms with Crippen molar-refractivity contribution in [3.8, 4) is 0 Å². The highest BCUT2D eigenvalue weighted by Gasteiger charge is 2.22. The fourth-order valence-corrected chi connectivity index (χ4v) is 11.4. The van der Waals surface area contributed by atoms with E-state index in [-0.39, 0.29) is 144 Å². The minimum atomic E-state index is -1.03. The molecule has 9 rings (SSSR count). The number of aliphatic carboxylic acids is 2. The SMILES string of the molecule is CC(=O)[C@@H](C)Cc1ccc(CCCCN=C(N)NC(=O)c2nc(Cl)c(N)nc2N)c2ccccc12.C[C@@H](Cc1ccc(CCCCN=C(N)NC(=O)c2nc(Cl)c(N)nc2N)c2ccccc12)C(=O)O.NC(=NCCCCc1ccc(C[C@H](N)C(=O)O)c2ccccc12)NC(=O)c1nc(Cl)c(N)nc1N.S.S.S. The molecular formula is C72H91Cl3N22O8S3. The van der Waals surface area contributed by atoms with Gasteiger partial charge in [0.05, 0.1) is 5.92 Å². The Balaban J connectivity index is 0.000000338. The Morgan fingerprint density at radius 3 is 0.917 bits per heavy atom. The van der Waals surface area contributed by atoms with Crippen LogP contribution >= 0.6 is 75.3 Å². The summed E-state index contributed by atoms with van der Waals surface area (Å²) in [6.45, 7) is 6.59. The number of guanidine groups is 3. The third kappa shape index (κ3) is 25.9. The number of Topliss-reactive ketones (excluding diaryl/α,β-unsaturated/α-hetero) is 1. The van der Waals surface area contributed by atoms with Gasteiger partial charge < -0.3 is 67.5 Å². The first-order valence-corrected chi connectivity index (χ1v) is 34.4. The van der Waals surface area contributed by atoms with E-state index in [4.69, 9.17) is 97.2 Å². The first-order valence-electron chi connectivity index (χ1n) is 33.3. The molecule has 0 aliphatic rings. The van der Waals surface area contributed by atoms with Crippen molar-refractivity contribution >= 4 is 196 Å². The third-order valence-electron chi connectivity index (χ3n) is 16.7. The predicted molar refractivity (Wildman–Crippen MR) is 445 cm³/mol. The number of amides is 3. The number of aromatic nitrogens is 6. The zero-order valence-corrected chi connectivity index (χ0v) is 64.8. The number of hydrogen-bond donors (Lipinski definition) is 15. The van der Waals surface area contributed by atoms with Gasteiger partial charge in [0, 0.05) is 25.6 Å². The predicted octanol–water partition coefficient (Wildman–Crippen LogP) is 7.87. The van der Waals surface area contributed by atoms with Crippen LogP contribution in [0.25, 0.3) is 32.3 Å². The van der Waals surface area contributed by atoms with Crippen molar-refractivity contribution in [2.75, 3.05) is 54.0 Å². The number of nitrogens with one attached hydrogen (secondary N) is 3. The van der Waals surface area contributed by atoms with Gasteiger partial charge in [-0.05, 0) is 150 Å². The van der Waals surface area contributed by atoms with E-state index in [0.717, 1.165) is 102 Å². The minimum Gasteiger partial charge on any atom is -0.481 e. The molecule has 9 aromatic rings. The number of ketones is 1. The average Bonchev–Trinajstić information content (AvgIpc) is 0.731. The van der Waals surface area contributed by atoms with Gasteiger partial charge >= 0.3 is 11.9 Å². The molecule has 0 bridgehead atoms. The van der Waals surface area contributed by atoms with Crippen molar-refractivity contribution in [3.05, 3.63) is 175 Å². The lowest BCUT2D eigenvalue weighted by Crippen LogP contribution is -2.38. The molecule has 108 heavy (non-hydrogen) atoms. The number of anilines is 6. The number of hydrogen-bond acceptors (Lipinski definition) is 22. The Bertz CT molecular complexity index is 4320. The summed E-state index contributed by atoms with van der Waals surface area (Å²) in [5.41, 5.74) is 62.8. The molecule has 0 saturated carbocycles. The monoisotopic (exact) mass is 1590 g/mol. The Morgan fingerprint density at radius 1 is 0.389 bits per heavy atom. The third-order valence-corrected chi connectivity index (χ3v) is 17.6. The average molecular weight is 1600 g/mol. The van der Waals surface area contributed by atoms with Crippen LogP contribution in [-0.4, -0.2) is 119 Å².